The molecular formula is C54H79N11O2. The van der Waals surface area contributed by atoms with Crippen molar-refractivity contribution in [2.45, 2.75) is 150 Å². The molecule has 2 amide bonds. The molecule has 6 heterocycles. The number of likely N-dealkylation sites (tertiary alicyclic amines) is 2. The summed E-state index contributed by atoms with van der Waals surface area (Å²) in [6.07, 6.45) is 18.3. The van der Waals surface area contributed by atoms with Crippen LogP contribution in [-0.2, 0) is 13.1 Å². The Labute approximate surface area is 401 Å². The highest BCUT2D eigenvalue weighted by Gasteiger charge is 2.22. The van der Waals surface area contributed by atoms with Crippen molar-refractivity contribution >= 4 is 34.1 Å². The van der Waals surface area contributed by atoms with E-state index in [2.05, 4.69) is 57.7 Å². The van der Waals surface area contributed by atoms with Crippen LogP contribution in [-0.4, -0.2) is 126 Å². The number of unbranched alkanes of at least 4 members (excludes halogenated alkanes) is 4. The molecule has 2 saturated heterocycles. The number of carbonyl (C=O) groups excluding carboxylic acids is 2. The van der Waals surface area contributed by atoms with Crippen LogP contribution in [0.25, 0.3) is 33.7 Å². The summed E-state index contributed by atoms with van der Waals surface area (Å²) in [7, 11) is 0. The zero-order valence-corrected chi connectivity index (χ0v) is 41.7. The molecule has 362 valence electrons. The molecule has 0 spiro atoms. The van der Waals surface area contributed by atoms with E-state index in [9.17, 15) is 14.9 Å². The Morgan fingerprint density at radius 3 is 1.51 bits per heavy atom. The monoisotopic (exact) mass is 914 g/mol. The highest BCUT2D eigenvalue weighted by atomic mass is 16.2. The number of aryl methyl sites for hydroxylation is 3. The number of imidazole rings is 2. The Morgan fingerprint density at radius 2 is 1.03 bits per heavy atom. The SMILES string of the molecule is CCCCN(CCCC)C(=O)c1ccc2nc(-c3cccc(C#N)c3)n(CCCN3CCCCC3)c2n1.CCCCN(CCCC)C(=O)c1ccc2nc(C)n(CCCN3CCCCC3)c2n1. The van der Waals surface area contributed by atoms with Gasteiger partial charge in [-0.15, -0.1) is 0 Å². The lowest BCUT2D eigenvalue weighted by molar-refractivity contribution is 0.0738. The molecule has 2 aliphatic heterocycles. The van der Waals surface area contributed by atoms with E-state index in [0.29, 0.717) is 17.0 Å². The van der Waals surface area contributed by atoms with Gasteiger partial charge in [0.2, 0.25) is 0 Å². The van der Waals surface area contributed by atoms with Gasteiger partial charge in [0, 0.05) is 44.8 Å². The topological polar surface area (TPSA) is 132 Å². The summed E-state index contributed by atoms with van der Waals surface area (Å²) < 4.78 is 4.34. The highest BCUT2D eigenvalue weighted by molar-refractivity contribution is 5.95. The van der Waals surface area contributed by atoms with E-state index in [-0.39, 0.29) is 11.8 Å². The van der Waals surface area contributed by atoms with Crippen LogP contribution < -0.4 is 0 Å². The maximum atomic E-state index is 13.5. The van der Waals surface area contributed by atoms with E-state index in [0.717, 1.165) is 156 Å². The van der Waals surface area contributed by atoms with Gasteiger partial charge in [-0.3, -0.25) is 9.59 Å². The van der Waals surface area contributed by atoms with Crippen molar-refractivity contribution < 1.29 is 9.59 Å². The summed E-state index contributed by atoms with van der Waals surface area (Å²) in [4.78, 5) is 55.0. The van der Waals surface area contributed by atoms with Gasteiger partial charge in [-0.2, -0.15) is 5.26 Å². The Bertz CT molecular complexity index is 2330. The van der Waals surface area contributed by atoms with Crippen LogP contribution in [0.3, 0.4) is 0 Å². The molecule has 0 atom stereocenters. The lowest BCUT2D eigenvalue weighted by atomic mass is 10.1. The zero-order valence-electron chi connectivity index (χ0n) is 41.7. The molecule has 0 bridgehead atoms. The van der Waals surface area contributed by atoms with Crippen LogP contribution >= 0.6 is 0 Å². The molecule has 2 aliphatic rings. The average Bonchev–Trinajstić information content (AvgIpc) is 3.89. The molecule has 2 fully saturated rings. The zero-order chi connectivity index (χ0) is 47.4. The average molecular weight is 914 g/mol. The number of piperidine rings is 2. The van der Waals surface area contributed by atoms with E-state index in [1.54, 1.807) is 0 Å². The van der Waals surface area contributed by atoms with Gasteiger partial charge in [0.1, 0.15) is 34.1 Å². The molecule has 13 heteroatoms. The first kappa shape index (κ1) is 51.2. The number of hydrogen-bond acceptors (Lipinski definition) is 9. The summed E-state index contributed by atoms with van der Waals surface area (Å²) in [5.74, 6) is 1.83. The van der Waals surface area contributed by atoms with Crippen LogP contribution in [0.2, 0.25) is 0 Å². The van der Waals surface area contributed by atoms with Gasteiger partial charge in [0.05, 0.1) is 11.6 Å². The fraction of sp³-hybridized carbons (Fsp3) is 0.611. The molecule has 1 aromatic carbocycles. The van der Waals surface area contributed by atoms with Gasteiger partial charge in [-0.25, -0.2) is 19.9 Å². The number of nitrogens with zero attached hydrogens (tertiary/aromatic N) is 11. The third kappa shape index (κ3) is 14.4. The van der Waals surface area contributed by atoms with Crippen molar-refractivity contribution in [2.24, 2.45) is 0 Å². The maximum absolute atomic E-state index is 13.5. The minimum Gasteiger partial charge on any atom is -0.337 e. The molecule has 0 unspecified atom stereocenters. The van der Waals surface area contributed by atoms with E-state index >= 15 is 0 Å². The first-order valence-corrected chi connectivity index (χ1v) is 26.0. The Balaban J connectivity index is 0.000000226. The van der Waals surface area contributed by atoms with Crippen LogP contribution in [0.4, 0.5) is 0 Å². The number of fused-ring (bicyclic) bond motifs is 2. The van der Waals surface area contributed by atoms with Gasteiger partial charge in [-0.05, 0) is 147 Å². The van der Waals surface area contributed by atoms with E-state index in [4.69, 9.17) is 15.0 Å². The van der Waals surface area contributed by atoms with Crippen molar-refractivity contribution in [1.29, 1.82) is 5.26 Å². The molecule has 0 radical (unpaired) electrons. The van der Waals surface area contributed by atoms with Gasteiger partial charge in [-0.1, -0.05) is 78.4 Å². The van der Waals surface area contributed by atoms with E-state index in [1.807, 2.05) is 65.3 Å². The normalized spacial score (nSPS) is 14.5. The number of hydrogen-bond donors (Lipinski definition) is 0. The number of rotatable bonds is 23. The predicted octanol–water partition coefficient (Wildman–Crippen LogP) is 10.5. The van der Waals surface area contributed by atoms with Gasteiger partial charge in [0.25, 0.3) is 11.8 Å². The van der Waals surface area contributed by atoms with Gasteiger partial charge in [0.15, 0.2) is 11.3 Å². The summed E-state index contributed by atoms with van der Waals surface area (Å²) in [6, 6.07) is 17.4. The minimum absolute atomic E-state index is 0.00195. The number of carbonyl (C=O) groups is 2. The summed E-state index contributed by atoms with van der Waals surface area (Å²) in [5.41, 5.74) is 5.79. The maximum Gasteiger partial charge on any atom is 0.272 e. The Morgan fingerprint density at radius 1 is 0.567 bits per heavy atom. The smallest absolute Gasteiger partial charge is 0.272 e. The molecule has 13 nitrogen and oxygen atoms in total. The van der Waals surface area contributed by atoms with Crippen molar-refractivity contribution in [1.82, 2.24) is 48.7 Å². The Hall–Kier alpha value is -5.19. The molecular weight excluding hydrogens is 835 g/mol. The molecule has 4 aromatic heterocycles. The third-order valence-corrected chi connectivity index (χ3v) is 13.4. The number of benzene rings is 1. The highest BCUT2D eigenvalue weighted by Crippen LogP contribution is 2.26. The molecule has 67 heavy (non-hydrogen) atoms. The largest absolute Gasteiger partial charge is 0.337 e. The van der Waals surface area contributed by atoms with Crippen molar-refractivity contribution in [2.75, 3.05) is 65.4 Å². The number of pyridine rings is 2. The van der Waals surface area contributed by atoms with Gasteiger partial charge < -0.3 is 28.7 Å². The first-order chi connectivity index (χ1) is 32.8. The lowest BCUT2D eigenvalue weighted by Crippen LogP contribution is -2.33. The first-order valence-electron chi connectivity index (χ1n) is 26.0. The Kier molecular flexibility index (Phi) is 20.6. The quantitative estimate of drug-likeness (QED) is 0.0628. The molecule has 0 N–H and O–H groups in total. The third-order valence-electron chi connectivity index (χ3n) is 13.4. The van der Waals surface area contributed by atoms with E-state index < -0.39 is 0 Å². The van der Waals surface area contributed by atoms with Crippen LogP contribution in [0.1, 0.15) is 163 Å². The number of amides is 2. The standard InChI is InChI=1S/C30H40N6O.C24H39N5O/c1-3-5-19-35(20-6-4-2)30(37)27-15-14-26-29(33-27)36(21-11-18-34-16-8-7-9-17-34)28(32-26)25-13-10-12-24(22-25)23-31;1-4-6-17-28(18-7-5-2)24(30)22-13-12-21-23(26-22)29(20(3)25-21)19-11-16-27-14-9-8-10-15-27/h10,12-15,22H,3-9,11,16-21H2,1-2H3;12-13H,4-11,14-19H2,1-3H3. The van der Waals surface area contributed by atoms with Crippen molar-refractivity contribution in [3.8, 4) is 17.5 Å². The predicted molar refractivity (Wildman–Crippen MR) is 271 cm³/mol. The van der Waals surface area contributed by atoms with Crippen molar-refractivity contribution in [3.05, 3.63) is 71.3 Å². The summed E-state index contributed by atoms with van der Waals surface area (Å²) in [6.45, 7) is 22.4. The molecule has 0 saturated carbocycles. The molecule has 0 aliphatic carbocycles. The number of nitriles is 1. The van der Waals surface area contributed by atoms with Crippen LogP contribution in [0.15, 0.2) is 48.5 Å². The van der Waals surface area contributed by atoms with Crippen molar-refractivity contribution in [3.63, 3.8) is 0 Å². The lowest BCUT2D eigenvalue weighted by Gasteiger charge is -2.26. The van der Waals surface area contributed by atoms with E-state index in [1.165, 1.54) is 64.7 Å². The molecule has 7 rings (SSSR count). The summed E-state index contributed by atoms with van der Waals surface area (Å²) in [5, 5.41) is 9.44. The van der Waals surface area contributed by atoms with Crippen LogP contribution in [0.5, 0.6) is 0 Å². The van der Waals surface area contributed by atoms with Crippen LogP contribution in [0, 0.1) is 18.3 Å². The second-order valence-corrected chi connectivity index (χ2v) is 18.7. The minimum atomic E-state index is -0.00195. The summed E-state index contributed by atoms with van der Waals surface area (Å²) >= 11 is 0. The second-order valence-electron chi connectivity index (χ2n) is 18.7. The second kappa shape index (κ2) is 27.0. The van der Waals surface area contributed by atoms with Gasteiger partial charge >= 0.3 is 0 Å². The molecule has 5 aromatic rings. The number of aromatic nitrogens is 6. The fourth-order valence-corrected chi connectivity index (χ4v) is 9.40. The fourth-order valence-electron chi connectivity index (χ4n) is 9.40.